The van der Waals surface area contributed by atoms with E-state index >= 15 is 0 Å². The molecule has 2 rings (SSSR count). The average molecular weight is 200 g/mol. The molecule has 2 aromatic heterocycles. The summed E-state index contributed by atoms with van der Waals surface area (Å²) in [7, 11) is 0. The van der Waals surface area contributed by atoms with Crippen LogP contribution in [-0.4, -0.2) is 14.6 Å². The molecule has 76 valence electrons. The highest BCUT2D eigenvalue weighted by molar-refractivity contribution is 5.45. The Morgan fingerprint density at radius 2 is 2.20 bits per heavy atom. The maximum atomic E-state index is 8.86. The molecule has 0 bridgehead atoms. The fraction of sp³-hybridized carbons (Fsp3) is 0.364. The second-order valence-electron chi connectivity index (χ2n) is 3.86. The van der Waals surface area contributed by atoms with E-state index in [-0.39, 0.29) is 0 Å². The highest BCUT2D eigenvalue weighted by Crippen LogP contribution is 2.16. The molecule has 0 saturated carbocycles. The Hall–Kier alpha value is -1.89. The summed E-state index contributed by atoms with van der Waals surface area (Å²) < 4.78 is 1.73. The monoisotopic (exact) mass is 200 g/mol. The summed E-state index contributed by atoms with van der Waals surface area (Å²) in [6.45, 7) is 6.05. The molecular formula is C11H12N4. The van der Waals surface area contributed by atoms with Crippen molar-refractivity contribution in [2.24, 2.45) is 0 Å². The van der Waals surface area contributed by atoms with Gasteiger partial charge in [0.2, 0.25) is 0 Å². The summed E-state index contributed by atoms with van der Waals surface area (Å²) in [5.41, 5.74) is 3.21. The summed E-state index contributed by atoms with van der Waals surface area (Å²) in [5.74, 6) is 0.372. The van der Waals surface area contributed by atoms with E-state index < -0.39 is 0 Å². The van der Waals surface area contributed by atoms with Crippen LogP contribution in [0, 0.1) is 18.3 Å². The first-order valence-electron chi connectivity index (χ1n) is 4.89. The predicted octanol–water partition coefficient (Wildman–Crippen LogP) is 2.03. The largest absolute Gasteiger partial charge is 0.236 e. The molecular weight excluding hydrogens is 188 g/mol. The van der Waals surface area contributed by atoms with Crippen LogP contribution in [0.2, 0.25) is 0 Å². The normalized spacial score (nSPS) is 10.9. The highest BCUT2D eigenvalue weighted by Gasteiger charge is 2.09. The van der Waals surface area contributed by atoms with Gasteiger partial charge in [0.15, 0.2) is 5.65 Å². The fourth-order valence-corrected chi connectivity index (χ4v) is 1.46. The van der Waals surface area contributed by atoms with Crippen molar-refractivity contribution < 1.29 is 0 Å². The van der Waals surface area contributed by atoms with E-state index in [1.807, 2.05) is 13.0 Å². The van der Waals surface area contributed by atoms with Crippen molar-refractivity contribution in [1.29, 1.82) is 5.26 Å². The number of nitriles is 1. The number of aryl methyl sites for hydroxylation is 1. The van der Waals surface area contributed by atoms with Gasteiger partial charge in [-0.1, -0.05) is 13.8 Å². The van der Waals surface area contributed by atoms with Crippen molar-refractivity contribution in [1.82, 2.24) is 14.6 Å². The van der Waals surface area contributed by atoms with Crippen LogP contribution < -0.4 is 0 Å². The van der Waals surface area contributed by atoms with Gasteiger partial charge < -0.3 is 0 Å². The van der Waals surface area contributed by atoms with Crippen molar-refractivity contribution >= 4 is 5.65 Å². The number of fused-ring (bicyclic) bond motifs is 1. The summed E-state index contributed by atoms with van der Waals surface area (Å²) in [5, 5.41) is 13.3. The van der Waals surface area contributed by atoms with Gasteiger partial charge in [-0.2, -0.15) is 10.4 Å². The van der Waals surface area contributed by atoms with E-state index in [4.69, 9.17) is 5.26 Å². The minimum absolute atomic E-state index is 0.372. The number of hydrogen-bond acceptors (Lipinski definition) is 3. The van der Waals surface area contributed by atoms with Gasteiger partial charge in [0, 0.05) is 12.3 Å². The molecule has 0 saturated heterocycles. The Kier molecular flexibility index (Phi) is 2.16. The fourth-order valence-electron chi connectivity index (χ4n) is 1.46. The Bertz CT molecular complexity index is 545. The molecule has 0 radical (unpaired) electrons. The Labute approximate surface area is 88.2 Å². The van der Waals surface area contributed by atoms with Crippen molar-refractivity contribution in [3.8, 4) is 6.07 Å². The third-order valence-corrected chi connectivity index (χ3v) is 2.45. The molecule has 0 aliphatic heterocycles. The van der Waals surface area contributed by atoms with Gasteiger partial charge in [0.05, 0.1) is 17.0 Å². The van der Waals surface area contributed by atoms with Gasteiger partial charge in [-0.15, -0.1) is 0 Å². The molecule has 0 fully saturated rings. The number of nitrogens with zero attached hydrogens (tertiary/aromatic N) is 4. The third kappa shape index (κ3) is 1.46. The molecule has 2 aromatic rings. The van der Waals surface area contributed by atoms with Gasteiger partial charge in [-0.25, -0.2) is 9.50 Å². The lowest BCUT2D eigenvalue weighted by Gasteiger charge is -1.99. The number of hydrogen-bond donors (Lipinski definition) is 0. The quantitative estimate of drug-likeness (QED) is 0.707. The average Bonchev–Trinajstić information content (AvgIpc) is 2.63. The lowest BCUT2D eigenvalue weighted by molar-refractivity contribution is 0.775. The summed E-state index contributed by atoms with van der Waals surface area (Å²) >= 11 is 0. The van der Waals surface area contributed by atoms with Crippen LogP contribution in [0.15, 0.2) is 12.3 Å². The minimum atomic E-state index is 0.372. The topological polar surface area (TPSA) is 54.0 Å². The van der Waals surface area contributed by atoms with Crippen molar-refractivity contribution in [2.75, 3.05) is 0 Å². The standard InChI is InChI=1S/C11H12N4/c1-7(2)10-4-11-13-6-9(5-12)8(3)15(11)14-10/h4,6-7H,1-3H3. The maximum absolute atomic E-state index is 8.86. The molecule has 0 aliphatic carbocycles. The zero-order valence-electron chi connectivity index (χ0n) is 9.02. The second kappa shape index (κ2) is 3.35. The molecule has 0 amide bonds. The van der Waals surface area contributed by atoms with Gasteiger partial charge in [-0.05, 0) is 12.8 Å². The molecule has 0 N–H and O–H groups in total. The molecule has 15 heavy (non-hydrogen) atoms. The first-order chi connectivity index (χ1) is 7.13. The van der Waals surface area contributed by atoms with E-state index in [2.05, 4.69) is 30.0 Å². The highest BCUT2D eigenvalue weighted by atomic mass is 15.3. The van der Waals surface area contributed by atoms with Crippen LogP contribution in [0.3, 0.4) is 0 Å². The van der Waals surface area contributed by atoms with Crippen LogP contribution in [0.5, 0.6) is 0 Å². The molecule has 0 aromatic carbocycles. The van der Waals surface area contributed by atoms with E-state index in [9.17, 15) is 0 Å². The Morgan fingerprint density at radius 3 is 2.80 bits per heavy atom. The first kappa shape index (κ1) is 9.66. The molecule has 2 heterocycles. The zero-order valence-corrected chi connectivity index (χ0v) is 9.02. The molecule has 4 nitrogen and oxygen atoms in total. The summed E-state index contributed by atoms with van der Waals surface area (Å²) in [6.07, 6.45) is 1.59. The van der Waals surface area contributed by atoms with Gasteiger partial charge >= 0.3 is 0 Å². The molecule has 0 atom stereocenters. The predicted molar refractivity (Wildman–Crippen MR) is 56.5 cm³/mol. The SMILES string of the molecule is Cc1c(C#N)cnc2cc(C(C)C)nn12. The van der Waals surface area contributed by atoms with Crippen LogP contribution in [0.4, 0.5) is 0 Å². The van der Waals surface area contributed by atoms with Gasteiger partial charge in [0.25, 0.3) is 0 Å². The van der Waals surface area contributed by atoms with Gasteiger partial charge in [0.1, 0.15) is 6.07 Å². The Morgan fingerprint density at radius 1 is 1.47 bits per heavy atom. The summed E-state index contributed by atoms with van der Waals surface area (Å²) in [4.78, 5) is 4.19. The second-order valence-corrected chi connectivity index (χ2v) is 3.86. The summed E-state index contributed by atoms with van der Waals surface area (Å²) in [6, 6.07) is 4.06. The molecule has 4 heteroatoms. The van der Waals surface area contributed by atoms with E-state index in [0.717, 1.165) is 17.0 Å². The lowest BCUT2D eigenvalue weighted by atomic mass is 10.1. The van der Waals surface area contributed by atoms with Gasteiger partial charge in [-0.3, -0.25) is 0 Å². The smallest absolute Gasteiger partial charge is 0.155 e. The molecule has 0 unspecified atom stereocenters. The van der Waals surface area contributed by atoms with Crippen molar-refractivity contribution in [3.05, 3.63) is 29.2 Å². The number of aromatic nitrogens is 3. The van der Waals surface area contributed by atoms with Crippen LogP contribution >= 0.6 is 0 Å². The minimum Gasteiger partial charge on any atom is -0.236 e. The van der Waals surface area contributed by atoms with Crippen LogP contribution in [-0.2, 0) is 0 Å². The first-order valence-corrected chi connectivity index (χ1v) is 4.89. The van der Waals surface area contributed by atoms with Crippen molar-refractivity contribution in [3.63, 3.8) is 0 Å². The van der Waals surface area contributed by atoms with E-state index in [1.54, 1.807) is 10.7 Å². The van der Waals surface area contributed by atoms with Crippen molar-refractivity contribution in [2.45, 2.75) is 26.7 Å². The zero-order chi connectivity index (χ0) is 11.0. The lowest BCUT2D eigenvalue weighted by Crippen LogP contribution is -1.99. The maximum Gasteiger partial charge on any atom is 0.155 e. The van der Waals surface area contributed by atoms with Crippen LogP contribution in [0.25, 0.3) is 5.65 Å². The molecule has 0 spiro atoms. The Balaban J connectivity index is 2.72. The molecule has 0 aliphatic rings. The number of rotatable bonds is 1. The van der Waals surface area contributed by atoms with E-state index in [0.29, 0.717) is 11.5 Å². The third-order valence-electron chi connectivity index (χ3n) is 2.45. The van der Waals surface area contributed by atoms with Crippen LogP contribution in [0.1, 0.15) is 36.7 Å². The van der Waals surface area contributed by atoms with E-state index in [1.165, 1.54) is 0 Å².